The largest absolute Gasteiger partial charge is 0.335 e. The summed E-state index contributed by atoms with van der Waals surface area (Å²) in [6.45, 7) is 1.08. The Balaban J connectivity index is 1.77. The molecule has 5 nitrogen and oxygen atoms in total. The van der Waals surface area contributed by atoms with Crippen LogP contribution >= 0.6 is 11.6 Å². The van der Waals surface area contributed by atoms with E-state index in [1.165, 1.54) is 17.4 Å². The number of hydrogen-bond acceptors (Lipinski definition) is 3. The molecule has 0 spiro atoms. The van der Waals surface area contributed by atoms with Crippen LogP contribution in [0.4, 0.5) is 4.39 Å². The van der Waals surface area contributed by atoms with Crippen LogP contribution in [0, 0.1) is 11.7 Å². The Morgan fingerprint density at radius 3 is 3.04 bits per heavy atom. The summed E-state index contributed by atoms with van der Waals surface area (Å²) in [6, 6.07) is 3.36. The van der Waals surface area contributed by atoms with Gasteiger partial charge in [0.2, 0.25) is 10.0 Å². The van der Waals surface area contributed by atoms with Crippen molar-refractivity contribution >= 4 is 21.6 Å². The Bertz CT molecular complexity index is 822. The quantitative estimate of drug-likeness (QED) is 0.845. The van der Waals surface area contributed by atoms with Crippen molar-refractivity contribution in [1.82, 2.24) is 13.9 Å². The summed E-state index contributed by atoms with van der Waals surface area (Å²) in [5, 5.41) is 0.0267. The number of aryl methyl sites for hydroxylation is 1. The highest BCUT2D eigenvalue weighted by atomic mass is 35.5. The Hall–Kier alpha value is -1.44. The molecule has 3 rings (SSSR count). The molecule has 2 heterocycles. The SMILES string of the molecule is CN(CC1CCc2nccn2C1)S(=O)(=O)c1cc(F)ccc1Cl. The predicted octanol–water partition coefficient (Wildman–Crippen LogP) is 2.56. The summed E-state index contributed by atoms with van der Waals surface area (Å²) < 4.78 is 41.9. The molecule has 124 valence electrons. The van der Waals surface area contributed by atoms with Crippen molar-refractivity contribution in [2.24, 2.45) is 5.92 Å². The van der Waals surface area contributed by atoms with E-state index in [0.29, 0.717) is 6.54 Å². The maximum Gasteiger partial charge on any atom is 0.244 e. The topological polar surface area (TPSA) is 55.2 Å². The molecule has 0 fully saturated rings. The Morgan fingerprint density at radius 2 is 2.26 bits per heavy atom. The molecular weight excluding hydrogens is 341 g/mol. The fourth-order valence-electron chi connectivity index (χ4n) is 2.89. The van der Waals surface area contributed by atoms with Gasteiger partial charge in [-0.25, -0.2) is 22.1 Å². The van der Waals surface area contributed by atoms with Crippen LogP contribution in [0.2, 0.25) is 5.02 Å². The Morgan fingerprint density at radius 1 is 1.48 bits per heavy atom. The van der Waals surface area contributed by atoms with Gasteiger partial charge in [-0.05, 0) is 30.5 Å². The first-order valence-corrected chi connectivity index (χ1v) is 9.11. The van der Waals surface area contributed by atoms with Crippen molar-refractivity contribution in [3.05, 3.63) is 47.3 Å². The molecular formula is C15H17ClFN3O2S. The van der Waals surface area contributed by atoms with Crippen LogP contribution in [0.3, 0.4) is 0 Å². The van der Waals surface area contributed by atoms with E-state index in [-0.39, 0.29) is 15.8 Å². The Kier molecular flexibility index (Phi) is 4.44. The van der Waals surface area contributed by atoms with Crippen molar-refractivity contribution in [2.75, 3.05) is 13.6 Å². The maximum absolute atomic E-state index is 13.4. The van der Waals surface area contributed by atoms with E-state index in [2.05, 4.69) is 4.98 Å². The lowest BCUT2D eigenvalue weighted by Crippen LogP contribution is -2.35. The molecule has 1 aliphatic rings. The van der Waals surface area contributed by atoms with E-state index in [0.717, 1.165) is 37.3 Å². The zero-order valence-electron chi connectivity index (χ0n) is 12.6. The second-order valence-electron chi connectivity index (χ2n) is 5.76. The minimum atomic E-state index is -3.82. The predicted molar refractivity (Wildman–Crippen MR) is 85.3 cm³/mol. The summed E-state index contributed by atoms with van der Waals surface area (Å²) in [5.74, 6) is 0.589. The van der Waals surface area contributed by atoms with E-state index >= 15 is 0 Å². The van der Waals surface area contributed by atoms with Gasteiger partial charge in [0, 0.05) is 39.0 Å². The molecule has 0 bridgehead atoms. The lowest BCUT2D eigenvalue weighted by molar-refractivity contribution is 0.303. The zero-order valence-corrected chi connectivity index (χ0v) is 14.2. The molecule has 0 aliphatic carbocycles. The first-order valence-electron chi connectivity index (χ1n) is 7.29. The summed E-state index contributed by atoms with van der Waals surface area (Å²) in [5.41, 5.74) is 0. The molecule has 8 heteroatoms. The van der Waals surface area contributed by atoms with Crippen LogP contribution in [0.25, 0.3) is 0 Å². The summed E-state index contributed by atoms with van der Waals surface area (Å²) >= 11 is 5.93. The van der Waals surface area contributed by atoms with Crippen LogP contribution in [0.15, 0.2) is 35.5 Å². The monoisotopic (exact) mass is 357 g/mol. The van der Waals surface area contributed by atoms with Gasteiger partial charge < -0.3 is 4.57 Å². The molecule has 1 aliphatic heterocycles. The van der Waals surface area contributed by atoms with Crippen LogP contribution in [0.5, 0.6) is 0 Å². The average Bonchev–Trinajstić information content (AvgIpc) is 2.97. The van der Waals surface area contributed by atoms with Crippen molar-refractivity contribution in [1.29, 1.82) is 0 Å². The van der Waals surface area contributed by atoms with Crippen LogP contribution in [0.1, 0.15) is 12.2 Å². The normalized spacial score (nSPS) is 18.2. The van der Waals surface area contributed by atoms with E-state index < -0.39 is 15.8 Å². The van der Waals surface area contributed by atoms with E-state index in [1.807, 2.05) is 10.8 Å². The fourth-order valence-corrected chi connectivity index (χ4v) is 4.62. The number of hydrogen-bond donors (Lipinski definition) is 0. The van der Waals surface area contributed by atoms with Crippen LogP contribution in [-0.4, -0.2) is 35.9 Å². The molecule has 0 saturated heterocycles. The lowest BCUT2D eigenvalue weighted by atomic mass is 10.00. The van der Waals surface area contributed by atoms with Gasteiger partial charge in [0.05, 0.1) is 5.02 Å². The summed E-state index contributed by atoms with van der Waals surface area (Å²) in [4.78, 5) is 4.07. The number of fused-ring (bicyclic) bond motifs is 1. The molecule has 0 saturated carbocycles. The lowest BCUT2D eigenvalue weighted by Gasteiger charge is -2.28. The van der Waals surface area contributed by atoms with Gasteiger partial charge in [-0.2, -0.15) is 0 Å². The molecule has 1 atom stereocenters. The van der Waals surface area contributed by atoms with Crippen molar-refractivity contribution in [3.8, 4) is 0 Å². The molecule has 0 N–H and O–H groups in total. The number of rotatable bonds is 4. The molecule has 1 aromatic heterocycles. The minimum absolute atomic E-state index is 0.0267. The number of nitrogens with zero attached hydrogens (tertiary/aromatic N) is 3. The highest BCUT2D eigenvalue weighted by Gasteiger charge is 2.28. The van der Waals surface area contributed by atoms with Gasteiger partial charge in [-0.1, -0.05) is 11.6 Å². The van der Waals surface area contributed by atoms with Gasteiger partial charge in [-0.3, -0.25) is 0 Å². The smallest absolute Gasteiger partial charge is 0.244 e. The van der Waals surface area contributed by atoms with Gasteiger partial charge in [0.1, 0.15) is 16.5 Å². The first-order chi connectivity index (χ1) is 10.9. The second kappa shape index (κ2) is 6.22. The van der Waals surface area contributed by atoms with Gasteiger partial charge in [-0.15, -0.1) is 0 Å². The number of sulfonamides is 1. The third-order valence-corrected chi connectivity index (χ3v) is 6.43. The summed E-state index contributed by atoms with van der Waals surface area (Å²) in [7, 11) is -2.32. The van der Waals surface area contributed by atoms with E-state index in [4.69, 9.17) is 11.6 Å². The molecule has 1 unspecified atom stereocenters. The zero-order chi connectivity index (χ0) is 16.6. The van der Waals surface area contributed by atoms with Crippen LogP contribution < -0.4 is 0 Å². The average molecular weight is 358 g/mol. The van der Waals surface area contributed by atoms with Gasteiger partial charge in [0.15, 0.2) is 0 Å². The second-order valence-corrected chi connectivity index (χ2v) is 8.18. The third-order valence-electron chi connectivity index (χ3n) is 4.13. The third kappa shape index (κ3) is 3.27. The summed E-state index contributed by atoms with van der Waals surface area (Å²) in [6.07, 6.45) is 5.35. The standard InChI is InChI=1S/C15H17ClFN3O2S/c1-19(9-11-2-5-15-18-6-7-20(15)10-11)23(21,22)14-8-12(17)3-4-13(14)16/h3-4,6-8,11H,2,5,9-10H2,1H3. The Labute approximate surface area is 139 Å². The van der Waals surface area contributed by atoms with Crippen molar-refractivity contribution in [3.63, 3.8) is 0 Å². The minimum Gasteiger partial charge on any atom is -0.335 e. The highest BCUT2D eigenvalue weighted by Crippen LogP contribution is 2.27. The molecule has 1 aromatic carbocycles. The molecule has 0 radical (unpaired) electrons. The van der Waals surface area contributed by atoms with Crippen molar-refractivity contribution < 1.29 is 12.8 Å². The number of aromatic nitrogens is 2. The number of imidazole rings is 1. The molecule has 2 aromatic rings. The van der Waals surface area contributed by atoms with Crippen molar-refractivity contribution in [2.45, 2.75) is 24.3 Å². The van der Waals surface area contributed by atoms with E-state index in [9.17, 15) is 12.8 Å². The van der Waals surface area contributed by atoms with E-state index in [1.54, 1.807) is 6.20 Å². The van der Waals surface area contributed by atoms with Gasteiger partial charge in [0.25, 0.3) is 0 Å². The molecule has 0 amide bonds. The highest BCUT2D eigenvalue weighted by molar-refractivity contribution is 7.89. The number of benzene rings is 1. The van der Waals surface area contributed by atoms with Gasteiger partial charge >= 0.3 is 0 Å². The maximum atomic E-state index is 13.4. The molecule has 23 heavy (non-hydrogen) atoms. The van der Waals surface area contributed by atoms with Crippen LogP contribution in [-0.2, 0) is 23.0 Å². The number of halogens is 2. The first kappa shape index (κ1) is 16.4. The fraction of sp³-hybridized carbons (Fsp3) is 0.400.